The normalized spacial score (nSPS) is 12.5. The third kappa shape index (κ3) is 3.01. The molecule has 15 heavy (non-hydrogen) atoms. The van der Waals surface area contributed by atoms with Crippen LogP contribution >= 0.6 is 0 Å². The molecule has 1 atom stereocenters. The van der Waals surface area contributed by atoms with Crippen LogP contribution in [0.2, 0.25) is 0 Å². The maximum absolute atomic E-state index is 13.1. The second-order valence-electron chi connectivity index (χ2n) is 3.48. The van der Waals surface area contributed by atoms with Crippen LogP contribution in [0.1, 0.15) is 18.9 Å². The van der Waals surface area contributed by atoms with Crippen LogP contribution in [0.5, 0.6) is 0 Å². The van der Waals surface area contributed by atoms with E-state index in [4.69, 9.17) is 5.11 Å². The summed E-state index contributed by atoms with van der Waals surface area (Å²) in [4.78, 5) is 10.5. The zero-order chi connectivity index (χ0) is 11.4. The summed E-state index contributed by atoms with van der Waals surface area (Å²) in [6, 6.07) is 3.63. The van der Waals surface area contributed by atoms with Gasteiger partial charge in [-0.2, -0.15) is 0 Å². The van der Waals surface area contributed by atoms with Crippen LogP contribution in [0.3, 0.4) is 0 Å². The van der Waals surface area contributed by atoms with Crippen molar-refractivity contribution in [2.75, 3.05) is 0 Å². The summed E-state index contributed by atoms with van der Waals surface area (Å²) in [6.07, 6.45) is 0.332. The zero-order valence-corrected chi connectivity index (χ0v) is 8.34. The molecule has 0 aromatic heterocycles. The molecular formula is C11H12F2O2. The summed E-state index contributed by atoms with van der Waals surface area (Å²) >= 11 is 0. The van der Waals surface area contributed by atoms with E-state index in [1.807, 2.05) is 0 Å². The van der Waals surface area contributed by atoms with E-state index in [2.05, 4.69) is 0 Å². The Balaban J connectivity index is 2.69. The zero-order valence-electron chi connectivity index (χ0n) is 8.34. The van der Waals surface area contributed by atoms with Gasteiger partial charge in [-0.25, -0.2) is 8.78 Å². The Morgan fingerprint density at radius 3 is 2.40 bits per heavy atom. The molecule has 0 saturated carbocycles. The summed E-state index contributed by atoms with van der Waals surface area (Å²) in [6.45, 7) is 1.51. The first-order valence-electron chi connectivity index (χ1n) is 4.68. The molecule has 0 heterocycles. The highest BCUT2D eigenvalue weighted by atomic mass is 19.1. The molecule has 0 amide bonds. The predicted molar refractivity (Wildman–Crippen MR) is 51.5 cm³/mol. The van der Waals surface area contributed by atoms with Gasteiger partial charge in [0, 0.05) is 5.56 Å². The van der Waals surface area contributed by atoms with Crippen LogP contribution in [-0.2, 0) is 11.2 Å². The number of carboxylic acids is 1. The first kappa shape index (κ1) is 11.6. The first-order chi connectivity index (χ1) is 7.02. The van der Waals surface area contributed by atoms with Gasteiger partial charge < -0.3 is 5.11 Å². The van der Waals surface area contributed by atoms with E-state index in [-0.39, 0.29) is 18.4 Å². The van der Waals surface area contributed by atoms with Crippen molar-refractivity contribution in [1.29, 1.82) is 0 Å². The molecular weight excluding hydrogens is 202 g/mol. The van der Waals surface area contributed by atoms with Gasteiger partial charge in [-0.15, -0.1) is 0 Å². The average Bonchev–Trinajstić information content (AvgIpc) is 2.16. The van der Waals surface area contributed by atoms with Crippen molar-refractivity contribution < 1.29 is 18.7 Å². The van der Waals surface area contributed by atoms with Crippen LogP contribution in [-0.4, -0.2) is 11.1 Å². The third-order valence-corrected chi connectivity index (χ3v) is 2.31. The van der Waals surface area contributed by atoms with Crippen molar-refractivity contribution in [2.45, 2.75) is 19.8 Å². The fraction of sp³-hybridized carbons (Fsp3) is 0.364. The molecule has 1 aromatic rings. The van der Waals surface area contributed by atoms with Crippen molar-refractivity contribution in [3.8, 4) is 0 Å². The van der Waals surface area contributed by atoms with Gasteiger partial charge >= 0.3 is 5.97 Å². The van der Waals surface area contributed by atoms with Crippen molar-refractivity contribution in [1.82, 2.24) is 0 Å². The molecule has 1 aromatic carbocycles. The van der Waals surface area contributed by atoms with Gasteiger partial charge in [0.1, 0.15) is 11.6 Å². The van der Waals surface area contributed by atoms with Crippen molar-refractivity contribution >= 4 is 5.97 Å². The Morgan fingerprint density at radius 2 is 1.93 bits per heavy atom. The fourth-order valence-corrected chi connectivity index (χ4v) is 1.26. The van der Waals surface area contributed by atoms with E-state index in [1.54, 1.807) is 0 Å². The smallest absolute Gasteiger partial charge is 0.306 e. The maximum Gasteiger partial charge on any atom is 0.306 e. The molecule has 1 rings (SSSR count). The van der Waals surface area contributed by atoms with Crippen LogP contribution in [0.4, 0.5) is 8.78 Å². The average molecular weight is 214 g/mol. The monoisotopic (exact) mass is 214 g/mol. The molecule has 1 N–H and O–H groups in total. The topological polar surface area (TPSA) is 37.3 Å². The molecule has 0 aliphatic rings. The molecule has 0 spiro atoms. The van der Waals surface area contributed by atoms with E-state index in [9.17, 15) is 13.6 Å². The second kappa shape index (κ2) is 4.87. The quantitative estimate of drug-likeness (QED) is 0.836. The summed E-state index contributed by atoms with van der Waals surface area (Å²) in [5.74, 6) is -2.78. The standard InChI is InChI=1S/C11H12F2O2/c1-7(11(14)15)5-6-8-9(12)3-2-4-10(8)13/h2-4,7H,5-6H2,1H3,(H,14,15). The van der Waals surface area contributed by atoms with Crippen molar-refractivity contribution in [3.05, 3.63) is 35.4 Å². The van der Waals surface area contributed by atoms with Gasteiger partial charge in [0.25, 0.3) is 0 Å². The number of aliphatic carboxylic acids is 1. The Labute approximate surface area is 86.5 Å². The number of hydrogen-bond acceptors (Lipinski definition) is 1. The molecule has 0 saturated heterocycles. The van der Waals surface area contributed by atoms with Crippen molar-refractivity contribution in [2.24, 2.45) is 5.92 Å². The van der Waals surface area contributed by atoms with Gasteiger partial charge in [0.2, 0.25) is 0 Å². The summed E-state index contributed by atoms with van der Waals surface area (Å²) < 4.78 is 26.2. The second-order valence-corrected chi connectivity index (χ2v) is 3.48. The number of rotatable bonds is 4. The highest BCUT2D eigenvalue weighted by Crippen LogP contribution is 2.16. The van der Waals surface area contributed by atoms with Gasteiger partial charge in [-0.05, 0) is 25.0 Å². The lowest BCUT2D eigenvalue weighted by Gasteiger charge is -2.07. The minimum absolute atomic E-state index is 0.0365. The lowest BCUT2D eigenvalue weighted by atomic mass is 10.0. The molecule has 0 radical (unpaired) electrons. The third-order valence-electron chi connectivity index (χ3n) is 2.31. The molecule has 0 bridgehead atoms. The van der Waals surface area contributed by atoms with Crippen molar-refractivity contribution in [3.63, 3.8) is 0 Å². The highest BCUT2D eigenvalue weighted by molar-refractivity contribution is 5.69. The molecule has 2 nitrogen and oxygen atoms in total. The number of carboxylic acid groups (broad SMARTS) is 1. The Bertz CT molecular complexity index is 343. The van der Waals surface area contributed by atoms with Gasteiger partial charge in [0.15, 0.2) is 0 Å². The summed E-state index contributed by atoms with van der Waals surface area (Å²) in [5.41, 5.74) is -0.0365. The Hall–Kier alpha value is -1.45. The van der Waals surface area contributed by atoms with Crippen LogP contribution in [0.15, 0.2) is 18.2 Å². The number of carbonyl (C=O) groups is 1. The van der Waals surface area contributed by atoms with Gasteiger partial charge in [0.05, 0.1) is 5.92 Å². The fourth-order valence-electron chi connectivity index (χ4n) is 1.26. The minimum atomic E-state index is -0.952. The summed E-state index contributed by atoms with van der Waals surface area (Å²) in [7, 11) is 0. The Morgan fingerprint density at radius 1 is 1.40 bits per heavy atom. The van der Waals surface area contributed by atoms with Crippen LogP contribution in [0, 0.1) is 17.6 Å². The molecule has 0 aliphatic carbocycles. The molecule has 1 unspecified atom stereocenters. The van der Waals surface area contributed by atoms with E-state index in [0.29, 0.717) is 0 Å². The lowest BCUT2D eigenvalue weighted by Crippen LogP contribution is -2.11. The molecule has 82 valence electrons. The number of halogens is 2. The largest absolute Gasteiger partial charge is 0.481 e. The molecule has 0 fully saturated rings. The lowest BCUT2D eigenvalue weighted by molar-refractivity contribution is -0.141. The maximum atomic E-state index is 13.1. The molecule has 0 aliphatic heterocycles. The van der Waals surface area contributed by atoms with Crippen LogP contribution in [0.25, 0.3) is 0 Å². The minimum Gasteiger partial charge on any atom is -0.481 e. The number of benzene rings is 1. The SMILES string of the molecule is CC(CCc1c(F)cccc1F)C(=O)O. The highest BCUT2D eigenvalue weighted by Gasteiger charge is 2.14. The Kier molecular flexibility index (Phi) is 3.77. The van der Waals surface area contributed by atoms with E-state index < -0.39 is 23.5 Å². The van der Waals surface area contributed by atoms with E-state index >= 15 is 0 Å². The predicted octanol–water partition coefficient (Wildman–Crippen LogP) is 2.62. The number of hydrogen-bond donors (Lipinski definition) is 1. The summed E-state index contributed by atoms with van der Waals surface area (Å²) in [5, 5.41) is 8.61. The molecule has 4 heteroatoms. The van der Waals surface area contributed by atoms with Crippen LogP contribution < -0.4 is 0 Å². The van der Waals surface area contributed by atoms with E-state index in [1.165, 1.54) is 25.1 Å². The first-order valence-corrected chi connectivity index (χ1v) is 4.68. The van der Waals surface area contributed by atoms with Gasteiger partial charge in [-0.3, -0.25) is 4.79 Å². The van der Waals surface area contributed by atoms with E-state index in [0.717, 1.165) is 0 Å². The van der Waals surface area contributed by atoms with Gasteiger partial charge in [-0.1, -0.05) is 13.0 Å².